The smallest absolute Gasteiger partial charge is 0.269 e. The molecule has 0 aromatic heterocycles. The Kier molecular flexibility index (Phi) is 6.10. The van der Waals surface area contributed by atoms with Gasteiger partial charge in [0.05, 0.1) is 4.92 Å². The summed E-state index contributed by atoms with van der Waals surface area (Å²) in [5.41, 5.74) is 0.788. The quantitative estimate of drug-likeness (QED) is 0.411. The summed E-state index contributed by atoms with van der Waals surface area (Å²) >= 11 is 0. The molecule has 7 heteroatoms. The highest BCUT2D eigenvalue weighted by Crippen LogP contribution is 2.40. The van der Waals surface area contributed by atoms with E-state index in [1.54, 1.807) is 18.2 Å². The second-order valence-corrected chi connectivity index (χ2v) is 10.4. The minimum atomic E-state index is -2.59. The lowest BCUT2D eigenvalue weighted by Gasteiger charge is -2.25. The van der Waals surface area contributed by atoms with Crippen molar-refractivity contribution in [1.82, 2.24) is 0 Å². The lowest BCUT2D eigenvalue weighted by molar-refractivity contribution is -0.384. The third kappa shape index (κ3) is 4.07. The van der Waals surface area contributed by atoms with Gasteiger partial charge in [0.25, 0.3) is 5.69 Å². The maximum absolute atomic E-state index is 14.2. The lowest BCUT2D eigenvalue weighted by atomic mass is 9.83. The van der Waals surface area contributed by atoms with Gasteiger partial charge in [0.2, 0.25) is 0 Å². The van der Waals surface area contributed by atoms with Crippen molar-refractivity contribution in [1.29, 1.82) is 0 Å². The highest BCUT2D eigenvalue weighted by atomic mass is 32.2. The second kappa shape index (κ2) is 8.24. The Balaban J connectivity index is 2.11. The monoisotopic (exact) mass is 419 g/mol. The Morgan fingerprint density at radius 1 is 1.24 bits per heavy atom. The number of aliphatic hydroxyl groups excluding tert-OH is 1. The van der Waals surface area contributed by atoms with E-state index in [2.05, 4.69) is 0 Å². The summed E-state index contributed by atoms with van der Waals surface area (Å²) in [7, 11) is -2.59. The van der Waals surface area contributed by atoms with Crippen molar-refractivity contribution < 1.29 is 18.6 Å². The summed E-state index contributed by atoms with van der Waals surface area (Å²) in [6.07, 6.45) is 2.20. The number of non-ortho nitro benzene ring substituents is 1. The van der Waals surface area contributed by atoms with Crippen LogP contribution in [0.4, 0.5) is 10.1 Å². The molecule has 0 saturated carbocycles. The number of hydrogen-bond donors (Lipinski definition) is 1. The van der Waals surface area contributed by atoms with E-state index >= 15 is 0 Å². The molecule has 5 nitrogen and oxygen atoms in total. The van der Waals surface area contributed by atoms with Gasteiger partial charge in [-0.25, -0.2) is 4.39 Å². The van der Waals surface area contributed by atoms with Gasteiger partial charge in [-0.1, -0.05) is 26.0 Å². The highest BCUT2D eigenvalue weighted by Gasteiger charge is 2.41. The third-order valence-corrected chi connectivity index (χ3v) is 9.41. The topological polar surface area (TPSA) is 80.4 Å². The predicted molar refractivity (Wildman–Crippen MR) is 113 cm³/mol. The predicted octanol–water partition coefficient (Wildman–Crippen LogP) is 4.34. The van der Waals surface area contributed by atoms with Crippen molar-refractivity contribution in [2.45, 2.75) is 44.4 Å². The summed E-state index contributed by atoms with van der Waals surface area (Å²) in [5.74, 6) is -0.0823. The third-order valence-electron chi connectivity index (χ3n) is 5.92. The molecule has 29 heavy (non-hydrogen) atoms. The van der Waals surface area contributed by atoms with Crippen LogP contribution in [-0.2, 0) is 15.9 Å². The number of nitrogens with zero attached hydrogens (tertiary/aromatic N) is 1. The van der Waals surface area contributed by atoms with E-state index in [0.717, 1.165) is 4.86 Å². The molecule has 1 aliphatic rings. The minimum Gasteiger partial charge on any atom is -0.396 e. The largest absolute Gasteiger partial charge is 0.396 e. The maximum atomic E-state index is 14.2. The molecule has 2 aromatic carbocycles. The molecule has 2 aromatic rings. The Morgan fingerprint density at radius 2 is 2.00 bits per heavy atom. The van der Waals surface area contributed by atoms with E-state index in [0.29, 0.717) is 41.0 Å². The van der Waals surface area contributed by atoms with E-state index in [9.17, 15) is 23.8 Å². The number of nitro benzene ring substituents is 1. The molecule has 0 aliphatic carbocycles. The molecule has 2 atom stereocenters. The van der Waals surface area contributed by atoms with Crippen LogP contribution in [0.25, 0.3) is 0 Å². The van der Waals surface area contributed by atoms with Gasteiger partial charge in [-0.05, 0) is 59.9 Å². The van der Waals surface area contributed by atoms with Gasteiger partial charge in [0.1, 0.15) is 5.82 Å². The van der Waals surface area contributed by atoms with E-state index in [-0.39, 0.29) is 18.7 Å². The molecule has 0 bridgehead atoms. The van der Waals surface area contributed by atoms with Crippen LogP contribution in [0.2, 0.25) is 0 Å². The van der Waals surface area contributed by atoms with Gasteiger partial charge < -0.3 is 5.11 Å². The lowest BCUT2D eigenvalue weighted by Crippen LogP contribution is -2.28. The zero-order valence-electron chi connectivity index (χ0n) is 16.7. The fraction of sp³-hybridized carbons (Fsp3) is 0.409. The molecule has 0 saturated heterocycles. The molecule has 1 N–H and O–H groups in total. The van der Waals surface area contributed by atoms with Crippen LogP contribution in [0.3, 0.4) is 0 Å². The first-order valence-electron chi connectivity index (χ1n) is 9.76. The van der Waals surface area contributed by atoms with Crippen molar-refractivity contribution in [3.05, 3.63) is 69.5 Å². The van der Waals surface area contributed by atoms with Gasteiger partial charge in [0, 0.05) is 44.3 Å². The summed E-state index contributed by atoms with van der Waals surface area (Å²) < 4.78 is 28.3. The second-order valence-electron chi connectivity index (χ2n) is 7.76. The number of hydrogen-bond acceptors (Lipinski definition) is 4. The van der Waals surface area contributed by atoms with Crippen LogP contribution in [0, 0.1) is 21.3 Å². The first-order chi connectivity index (χ1) is 13.8. The van der Waals surface area contributed by atoms with Gasteiger partial charge in [-0.2, -0.15) is 0 Å². The number of nitro groups is 1. The first-order valence-corrected chi connectivity index (χ1v) is 11.5. The van der Waals surface area contributed by atoms with Crippen molar-refractivity contribution >= 4 is 20.1 Å². The van der Waals surface area contributed by atoms with Crippen LogP contribution >= 0.6 is 0 Å². The normalized spacial score (nSPS) is 24.1. The molecular formula is C22H26FNO4S. The minimum absolute atomic E-state index is 0.0309. The Hall–Kier alpha value is -2.25. The molecule has 0 radical (unpaired) electrons. The van der Waals surface area contributed by atoms with E-state index < -0.39 is 25.7 Å². The van der Waals surface area contributed by atoms with Crippen LogP contribution in [0.15, 0.2) is 47.4 Å². The zero-order valence-corrected chi connectivity index (χ0v) is 17.5. The molecule has 3 rings (SSSR count). The molecule has 156 valence electrons. The first kappa shape index (κ1) is 21.5. The summed E-state index contributed by atoms with van der Waals surface area (Å²) in [6, 6.07) is 10.5. The average molecular weight is 420 g/mol. The SMILES string of the molecule is CCC1=S(=O)(c2ccc(F)cc2Cc2cccc([N+](=O)[O-])c2)C[C@](CC)(CO)C1. The summed E-state index contributed by atoms with van der Waals surface area (Å²) in [6.45, 7) is 3.91. The van der Waals surface area contributed by atoms with Gasteiger partial charge in [-0.15, -0.1) is 0 Å². The van der Waals surface area contributed by atoms with E-state index in [1.165, 1.54) is 24.3 Å². The molecule has 1 unspecified atom stereocenters. The van der Waals surface area contributed by atoms with Crippen molar-refractivity contribution in [2.24, 2.45) is 5.41 Å². The molecule has 0 spiro atoms. The molecule has 0 amide bonds. The fourth-order valence-corrected chi connectivity index (χ4v) is 7.94. The van der Waals surface area contributed by atoms with E-state index in [1.807, 2.05) is 13.8 Å². The van der Waals surface area contributed by atoms with Crippen LogP contribution in [0.5, 0.6) is 0 Å². The summed E-state index contributed by atoms with van der Waals surface area (Å²) in [4.78, 5) is 12.1. The number of benzene rings is 2. The highest BCUT2D eigenvalue weighted by molar-refractivity contribution is 8.02. The van der Waals surface area contributed by atoms with Crippen LogP contribution in [-0.4, -0.2) is 31.5 Å². The molecule has 1 aliphatic heterocycles. The van der Waals surface area contributed by atoms with Crippen molar-refractivity contribution in [3.8, 4) is 0 Å². The standard InChI is InChI=1S/C22H26FNO4S/c1-3-20-13-22(4-2,14-25)15-29(20,28)21-9-8-18(23)12-17(21)10-16-6-5-7-19(11-16)24(26)27/h5-9,11-12,25H,3-4,10,13-15H2,1-2H3/t22-,29?/m0/s1. The van der Waals surface area contributed by atoms with Crippen molar-refractivity contribution in [3.63, 3.8) is 0 Å². The maximum Gasteiger partial charge on any atom is 0.269 e. The van der Waals surface area contributed by atoms with Crippen LogP contribution < -0.4 is 0 Å². The molecule has 1 heterocycles. The van der Waals surface area contributed by atoms with Gasteiger partial charge in [-0.3, -0.25) is 14.3 Å². The van der Waals surface area contributed by atoms with E-state index in [4.69, 9.17) is 0 Å². The van der Waals surface area contributed by atoms with Gasteiger partial charge in [0.15, 0.2) is 0 Å². The number of halogens is 1. The van der Waals surface area contributed by atoms with Crippen molar-refractivity contribution in [2.75, 3.05) is 12.4 Å². The molecule has 0 fully saturated rings. The Labute approximate surface area is 170 Å². The molecular weight excluding hydrogens is 393 g/mol. The fourth-order valence-electron chi connectivity index (χ4n) is 4.16. The Morgan fingerprint density at radius 3 is 2.62 bits per heavy atom. The summed E-state index contributed by atoms with van der Waals surface area (Å²) in [5, 5.41) is 21.1. The average Bonchev–Trinajstić information content (AvgIpc) is 3.01. The number of aliphatic hydroxyl groups is 1. The van der Waals surface area contributed by atoms with Gasteiger partial charge >= 0.3 is 0 Å². The number of rotatable bonds is 7. The zero-order chi connectivity index (χ0) is 21.2. The Bertz CT molecular complexity index is 1050. The van der Waals surface area contributed by atoms with Crippen LogP contribution in [0.1, 0.15) is 44.2 Å².